The highest BCUT2D eigenvalue weighted by atomic mass is 32.2. The molecule has 0 aromatic carbocycles. The number of ether oxygens (including phenoxy) is 1. The van der Waals surface area contributed by atoms with Crippen molar-refractivity contribution in [2.75, 3.05) is 13.2 Å². The zero-order valence-electron chi connectivity index (χ0n) is 12.5. The Morgan fingerprint density at radius 2 is 2.24 bits per heavy atom. The Hall–Kier alpha value is -1.02. The molecule has 0 amide bonds. The van der Waals surface area contributed by atoms with Gasteiger partial charge in [0.15, 0.2) is 5.03 Å². The molecule has 6 nitrogen and oxygen atoms in total. The Morgan fingerprint density at radius 3 is 2.81 bits per heavy atom. The Morgan fingerprint density at radius 1 is 1.43 bits per heavy atom. The van der Waals surface area contributed by atoms with Crippen LogP contribution in [0, 0.1) is 0 Å². The number of aromatic nitrogens is 1. The van der Waals surface area contributed by atoms with Crippen LogP contribution in [0.4, 0.5) is 0 Å². The summed E-state index contributed by atoms with van der Waals surface area (Å²) < 4.78 is 32.4. The molecule has 118 valence electrons. The molecule has 1 aliphatic heterocycles. The molecule has 0 aliphatic carbocycles. The average molecular weight is 313 g/mol. The zero-order chi connectivity index (χ0) is 15.3. The van der Waals surface area contributed by atoms with E-state index >= 15 is 0 Å². The van der Waals surface area contributed by atoms with E-state index in [1.807, 2.05) is 0 Å². The summed E-state index contributed by atoms with van der Waals surface area (Å²) in [6, 6.07) is 3.55. The van der Waals surface area contributed by atoms with Crippen LogP contribution in [0.5, 0.6) is 0 Å². The molecule has 1 atom stereocenters. The van der Waals surface area contributed by atoms with Crippen molar-refractivity contribution in [3.8, 4) is 0 Å². The molecule has 0 radical (unpaired) electrons. The van der Waals surface area contributed by atoms with Gasteiger partial charge < -0.3 is 10.1 Å². The normalized spacial score (nSPS) is 19.9. The van der Waals surface area contributed by atoms with Crippen molar-refractivity contribution in [2.24, 2.45) is 0 Å². The minimum Gasteiger partial charge on any atom is -0.380 e. The Bertz CT molecular complexity index is 537. The van der Waals surface area contributed by atoms with Crippen LogP contribution >= 0.6 is 0 Å². The smallest absolute Gasteiger partial charge is 0.258 e. The third kappa shape index (κ3) is 5.03. The van der Waals surface area contributed by atoms with Crippen LogP contribution in [-0.2, 0) is 21.3 Å². The molecule has 7 heteroatoms. The van der Waals surface area contributed by atoms with E-state index in [1.165, 1.54) is 0 Å². The van der Waals surface area contributed by atoms with Gasteiger partial charge in [-0.2, -0.15) is 0 Å². The molecular formula is C14H23N3O3S. The van der Waals surface area contributed by atoms with Gasteiger partial charge >= 0.3 is 0 Å². The van der Waals surface area contributed by atoms with E-state index < -0.39 is 10.0 Å². The van der Waals surface area contributed by atoms with Crippen LogP contribution in [-0.4, -0.2) is 38.7 Å². The van der Waals surface area contributed by atoms with E-state index in [-0.39, 0.29) is 11.1 Å². The SMILES string of the molecule is CC(C)NCc1ccc(S(=O)(=O)NC2CCCOC2)nc1. The van der Waals surface area contributed by atoms with Gasteiger partial charge in [0.1, 0.15) is 0 Å². The van der Waals surface area contributed by atoms with Crippen LogP contribution < -0.4 is 10.0 Å². The van der Waals surface area contributed by atoms with Crippen molar-refractivity contribution >= 4 is 10.0 Å². The summed E-state index contributed by atoms with van der Waals surface area (Å²) in [5, 5.41) is 3.32. The summed E-state index contributed by atoms with van der Waals surface area (Å²) in [5.74, 6) is 0. The van der Waals surface area contributed by atoms with E-state index in [9.17, 15) is 8.42 Å². The van der Waals surface area contributed by atoms with Gasteiger partial charge in [-0.15, -0.1) is 0 Å². The molecule has 0 spiro atoms. The zero-order valence-corrected chi connectivity index (χ0v) is 13.3. The van der Waals surface area contributed by atoms with Gasteiger partial charge in [0.2, 0.25) is 0 Å². The molecule has 2 heterocycles. The molecule has 21 heavy (non-hydrogen) atoms. The lowest BCUT2D eigenvalue weighted by molar-refractivity contribution is 0.0774. The van der Waals surface area contributed by atoms with Gasteiger partial charge in [-0.1, -0.05) is 19.9 Å². The second-order valence-corrected chi connectivity index (χ2v) is 7.24. The van der Waals surface area contributed by atoms with Crippen LogP contribution in [0.15, 0.2) is 23.4 Å². The van der Waals surface area contributed by atoms with E-state index in [0.29, 0.717) is 25.8 Å². The first-order chi connectivity index (χ1) is 9.97. The lowest BCUT2D eigenvalue weighted by Crippen LogP contribution is -2.40. The summed E-state index contributed by atoms with van der Waals surface area (Å²) in [6.45, 7) is 5.92. The largest absolute Gasteiger partial charge is 0.380 e. The second kappa shape index (κ2) is 7.31. The fourth-order valence-electron chi connectivity index (χ4n) is 2.11. The molecule has 1 unspecified atom stereocenters. The lowest BCUT2D eigenvalue weighted by Gasteiger charge is -2.22. The average Bonchev–Trinajstić information content (AvgIpc) is 2.46. The van der Waals surface area contributed by atoms with Gasteiger partial charge in [0.25, 0.3) is 10.0 Å². The summed E-state index contributed by atoms with van der Waals surface area (Å²) in [7, 11) is -3.57. The predicted octanol–water partition coefficient (Wildman–Crippen LogP) is 1.04. The maximum atomic E-state index is 12.2. The maximum Gasteiger partial charge on any atom is 0.258 e. The third-order valence-electron chi connectivity index (χ3n) is 3.27. The van der Waals surface area contributed by atoms with Gasteiger partial charge in [0.05, 0.1) is 6.61 Å². The monoisotopic (exact) mass is 313 g/mol. The lowest BCUT2D eigenvalue weighted by atomic mass is 10.1. The molecule has 0 bridgehead atoms. The molecule has 1 aromatic heterocycles. The van der Waals surface area contributed by atoms with E-state index in [0.717, 1.165) is 18.4 Å². The van der Waals surface area contributed by atoms with Crippen molar-refractivity contribution in [2.45, 2.75) is 50.3 Å². The second-order valence-electron chi connectivity index (χ2n) is 5.58. The van der Waals surface area contributed by atoms with Crippen molar-refractivity contribution in [3.05, 3.63) is 23.9 Å². The molecule has 1 fully saturated rings. The molecule has 1 saturated heterocycles. The highest BCUT2D eigenvalue weighted by molar-refractivity contribution is 7.89. The van der Waals surface area contributed by atoms with E-state index in [4.69, 9.17) is 4.74 Å². The number of rotatable bonds is 6. The molecule has 1 aromatic rings. The minimum absolute atomic E-state index is 0.0568. The summed E-state index contributed by atoms with van der Waals surface area (Å²) in [5.41, 5.74) is 0.962. The first kappa shape index (κ1) is 16.4. The number of nitrogens with one attached hydrogen (secondary N) is 2. The standard InChI is InChI=1S/C14H23N3O3S/c1-11(2)15-8-12-5-6-14(16-9-12)21(18,19)17-13-4-3-7-20-10-13/h5-6,9,11,13,15,17H,3-4,7-8,10H2,1-2H3. The maximum absolute atomic E-state index is 12.2. The molecule has 2 rings (SSSR count). The van der Waals surface area contributed by atoms with Crippen molar-refractivity contribution in [1.29, 1.82) is 0 Å². The van der Waals surface area contributed by atoms with Crippen LogP contribution in [0.25, 0.3) is 0 Å². The van der Waals surface area contributed by atoms with Crippen LogP contribution in [0.1, 0.15) is 32.3 Å². The van der Waals surface area contributed by atoms with Crippen LogP contribution in [0.2, 0.25) is 0 Å². The fraction of sp³-hybridized carbons (Fsp3) is 0.643. The van der Waals surface area contributed by atoms with Crippen molar-refractivity contribution in [3.63, 3.8) is 0 Å². The van der Waals surface area contributed by atoms with Gasteiger partial charge in [0, 0.05) is 31.4 Å². The highest BCUT2D eigenvalue weighted by Gasteiger charge is 2.23. The molecule has 0 saturated carbocycles. The fourth-order valence-corrected chi connectivity index (χ4v) is 3.29. The first-order valence-corrected chi connectivity index (χ1v) is 8.74. The Balaban J connectivity index is 1.99. The summed E-state index contributed by atoms with van der Waals surface area (Å²) in [4.78, 5) is 4.06. The molecule has 1 aliphatic rings. The molecule has 2 N–H and O–H groups in total. The number of sulfonamides is 1. The van der Waals surface area contributed by atoms with Crippen molar-refractivity contribution in [1.82, 2.24) is 15.0 Å². The minimum atomic E-state index is -3.57. The summed E-state index contributed by atoms with van der Waals surface area (Å²) in [6.07, 6.45) is 3.28. The van der Waals surface area contributed by atoms with Crippen molar-refractivity contribution < 1.29 is 13.2 Å². The predicted molar refractivity (Wildman–Crippen MR) is 80.4 cm³/mol. The van der Waals surface area contributed by atoms with E-state index in [1.54, 1.807) is 18.3 Å². The topological polar surface area (TPSA) is 80.3 Å². The van der Waals surface area contributed by atoms with Gasteiger partial charge in [-0.3, -0.25) is 0 Å². The number of pyridine rings is 1. The van der Waals surface area contributed by atoms with Gasteiger partial charge in [-0.05, 0) is 24.5 Å². The van der Waals surface area contributed by atoms with Gasteiger partial charge in [-0.25, -0.2) is 18.1 Å². The Labute approximate surface area is 126 Å². The quantitative estimate of drug-likeness (QED) is 0.820. The first-order valence-electron chi connectivity index (χ1n) is 7.26. The molecular weight excluding hydrogens is 290 g/mol. The Kier molecular flexibility index (Phi) is 5.69. The summed E-state index contributed by atoms with van der Waals surface area (Å²) >= 11 is 0. The third-order valence-corrected chi connectivity index (χ3v) is 4.71. The number of hydrogen-bond donors (Lipinski definition) is 2. The number of nitrogens with zero attached hydrogens (tertiary/aromatic N) is 1. The number of hydrogen-bond acceptors (Lipinski definition) is 5. The van der Waals surface area contributed by atoms with Crippen LogP contribution in [0.3, 0.4) is 0 Å². The highest BCUT2D eigenvalue weighted by Crippen LogP contribution is 2.12. The van der Waals surface area contributed by atoms with E-state index in [2.05, 4.69) is 28.9 Å².